The molecule has 1 saturated heterocycles. The zero-order chi connectivity index (χ0) is 45.0. The van der Waals surface area contributed by atoms with Gasteiger partial charge in [0.15, 0.2) is 5.96 Å². The van der Waals surface area contributed by atoms with Crippen LogP contribution in [0.1, 0.15) is 89.9 Å². The number of nitrogens with one attached hydrogen (secondary N) is 9. The highest BCUT2D eigenvalue weighted by Gasteiger charge is 2.34. The van der Waals surface area contributed by atoms with Gasteiger partial charge in [0, 0.05) is 12.3 Å². The van der Waals surface area contributed by atoms with Crippen LogP contribution >= 0.6 is 12.6 Å². The smallest absolute Gasteiger partial charge is 0.327 e. The average molecular weight is 874 g/mol. The Labute approximate surface area is 355 Å². The predicted octanol–water partition coefficient (Wildman–Crippen LogP) is -4.21. The molecule has 7 atom stereocenters. The van der Waals surface area contributed by atoms with E-state index in [1.54, 1.807) is 0 Å². The number of hydrogen-bond acceptors (Lipinski definition) is 14. The molecule has 0 bridgehead atoms. The van der Waals surface area contributed by atoms with Crippen molar-refractivity contribution in [1.82, 2.24) is 42.5 Å². The topological polar surface area (TPSA) is 401 Å². The molecule has 342 valence electrons. The molecule has 0 radical (unpaired) electrons. The third kappa shape index (κ3) is 21.5. The molecule has 0 aliphatic carbocycles. The summed E-state index contributed by atoms with van der Waals surface area (Å²) < 4.78 is 0. The maximum absolute atomic E-state index is 14.0. The molecule has 0 spiro atoms. The van der Waals surface area contributed by atoms with Crippen molar-refractivity contribution in [2.45, 2.75) is 132 Å². The molecule has 0 aromatic rings. The summed E-state index contributed by atoms with van der Waals surface area (Å²) in [7, 11) is 0. The van der Waals surface area contributed by atoms with Gasteiger partial charge in [0.05, 0.1) is 12.5 Å². The first-order chi connectivity index (χ1) is 28.6. The minimum Gasteiger partial charge on any atom is -0.481 e. The summed E-state index contributed by atoms with van der Waals surface area (Å²) in [6.07, 6.45) is 3.35. The van der Waals surface area contributed by atoms with Gasteiger partial charge in [-0.15, -0.1) is 0 Å². The fourth-order valence-electron chi connectivity index (χ4n) is 6.19. The van der Waals surface area contributed by atoms with Gasteiger partial charge in [0.2, 0.25) is 35.4 Å². The summed E-state index contributed by atoms with van der Waals surface area (Å²) in [6.45, 7) is 1.56. The first-order valence-electron chi connectivity index (χ1n) is 20.4. The molecule has 0 unspecified atom stereocenters. The van der Waals surface area contributed by atoms with Gasteiger partial charge >= 0.3 is 11.9 Å². The van der Waals surface area contributed by atoms with Gasteiger partial charge in [-0.25, -0.2) is 4.79 Å². The third-order valence-electron chi connectivity index (χ3n) is 9.54. The van der Waals surface area contributed by atoms with Crippen LogP contribution in [0.5, 0.6) is 0 Å². The van der Waals surface area contributed by atoms with Gasteiger partial charge in [0.1, 0.15) is 36.3 Å². The number of hydrogen-bond donors (Lipinski definition) is 16. The highest BCUT2D eigenvalue weighted by atomic mass is 32.1. The quantitative estimate of drug-likeness (QED) is 0.0132. The Kier molecular flexibility index (Phi) is 26.9. The summed E-state index contributed by atoms with van der Waals surface area (Å²) in [6, 6.07) is -8.56. The number of amides is 6. The zero-order valence-electron chi connectivity index (χ0n) is 34.1. The number of guanidine groups is 1. The summed E-state index contributed by atoms with van der Waals surface area (Å²) >= 11 is 3.98. The van der Waals surface area contributed by atoms with Crippen LogP contribution in [0, 0.1) is 5.41 Å². The second-order valence-electron chi connectivity index (χ2n) is 14.5. The van der Waals surface area contributed by atoms with Gasteiger partial charge in [-0.2, -0.15) is 12.6 Å². The van der Waals surface area contributed by atoms with E-state index in [-0.39, 0.29) is 63.5 Å². The molecule has 0 saturated carbocycles. The van der Waals surface area contributed by atoms with E-state index in [1.165, 1.54) is 0 Å². The van der Waals surface area contributed by atoms with E-state index in [0.29, 0.717) is 58.0 Å². The first-order valence-corrected chi connectivity index (χ1v) is 21.0. The van der Waals surface area contributed by atoms with Crippen LogP contribution in [0.25, 0.3) is 0 Å². The lowest BCUT2D eigenvalue weighted by molar-refractivity contribution is -0.142. The minimum absolute atomic E-state index is 0.0301. The van der Waals surface area contributed by atoms with E-state index in [2.05, 4.69) is 55.2 Å². The molecule has 0 aromatic carbocycles. The lowest BCUT2D eigenvalue weighted by Gasteiger charge is -2.27. The fraction of sp³-hybridized carbons (Fsp3) is 0.750. The molecule has 1 aliphatic heterocycles. The largest absolute Gasteiger partial charge is 0.481 e. The van der Waals surface area contributed by atoms with E-state index >= 15 is 0 Å². The monoisotopic (exact) mass is 873 g/mol. The number of carbonyl (C=O) groups is 8. The lowest BCUT2D eigenvalue weighted by atomic mass is 10.0. The van der Waals surface area contributed by atoms with Crippen molar-refractivity contribution in [3.63, 3.8) is 0 Å². The molecule has 0 aromatic heterocycles. The summed E-state index contributed by atoms with van der Waals surface area (Å²) in [5.74, 6) is -7.91. The fourth-order valence-corrected chi connectivity index (χ4v) is 6.44. The standard InChI is InChI=1S/C36H67N13O10S/c37-14-4-1-9-22(44-31(54)23(10-2-5-15-38)47-34(57)26(19-28(50)51)48-29(52)21-12-7-17-42-21)30(53)46-25(13-8-18-43-36(40)41)32(55)45-24(11-3-6-16-39)33(56)49-27(20-60)35(58)59/h21-27,42,60H,1-20,37-39H2,(H,44,54)(H,45,55)(H,46,53)(H,47,57)(H,48,52)(H,49,56)(H,50,51)(H,58,59)(H4,40,41,43)/t21-,22-,23-,24-,25-,26-,27-/m0/s1. The van der Waals surface area contributed by atoms with E-state index in [4.69, 9.17) is 28.3 Å². The number of thiol groups is 1. The maximum atomic E-state index is 14.0. The van der Waals surface area contributed by atoms with Crippen LogP contribution in [0.15, 0.2) is 0 Å². The van der Waals surface area contributed by atoms with Crippen molar-refractivity contribution in [2.75, 3.05) is 38.5 Å². The number of rotatable bonds is 32. The van der Waals surface area contributed by atoms with Crippen LogP contribution < -0.4 is 65.5 Å². The van der Waals surface area contributed by atoms with Crippen molar-refractivity contribution in [2.24, 2.45) is 22.9 Å². The van der Waals surface area contributed by atoms with Crippen LogP contribution in [-0.4, -0.2) is 144 Å². The van der Waals surface area contributed by atoms with Gasteiger partial charge in [-0.05, 0) is 110 Å². The van der Waals surface area contributed by atoms with E-state index in [9.17, 15) is 48.6 Å². The SMILES string of the molecule is N=C(N)NCCC[C@H](NC(=O)[C@H](CCCCN)NC(=O)[C@H](CCCCN)NC(=O)[C@H](CC(=O)O)NC(=O)[C@@H]1CCCN1)C(=O)N[C@@H](CCCCN)C(=O)N[C@@H](CS)C(=O)O. The zero-order valence-corrected chi connectivity index (χ0v) is 35.0. The number of carboxylic acids is 2. The van der Waals surface area contributed by atoms with Crippen LogP contribution in [0.4, 0.5) is 0 Å². The summed E-state index contributed by atoms with van der Waals surface area (Å²) in [5.41, 5.74) is 22.4. The Balaban J connectivity index is 3.39. The molecule has 1 rings (SSSR count). The van der Waals surface area contributed by atoms with E-state index in [1.807, 2.05) is 0 Å². The van der Waals surface area contributed by atoms with E-state index in [0.717, 1.165) is 6.42 Å². The van der Waals surface area contributed by atoms with Crippen molar-refractivity contribution in [3.05, 3.63) is 0 Å². The highest BCUT2D eigenvalue weighted by Crippen LogP contribution is 2.11. The van der Waals surface area contributed by atoms with Crippen LogP contribution in [0.2, 0.25) is 0 Å². The van der Waals surface area contributed by atoms with Crippen molar-refractivity contribution in [1.29, 1.82) is 5.41 Å². The van der Waals surface area contributed by atoms with Crippen molar-refractivity contribution >= 4 is 66.0 Å². The highest BCUT2D eigenvalue weighted by molar-refractivity contribution is 7.80. The maximum Gasteiger partial charge on any atom is 0.327 e. The Morgan fingerprint density at radius 3 is 1.35 bits per heavy atom. The summed E-state index contributed by atoms with van der Waals surface area (Å²) in [5, 5.41) is 47.2. The van der Waals surface area contributed by atoms with E-state index < -0.39 is 96.1 Å². The van der Waals surface area contributed by atoms with Gasteiger partial charge in [-0.1, -0.05) is 0 Å². The second-order valence-corrected chi connectivity index (χ2v) is 14.8. The molecular formula is C36H67N13O10S. The van der Waals surface area contributed by atoms with Crippen LogP contribution in [0.3, 0.4) is 0 Å². The van der Waals surface area contributed by atoms with Crippen molar-refractivity contribution in [3.8, 4) is 0 Å². The van der Waals surface area contributed by atoms with Gasteiger partial charge in [0.25, 0.3) is 0 Å². The molecule has 6 amide bonds. The number of carboxylic acid groups (broad SMARTS) is 2. The number of unbranched alkanes of at least 4 members (excludes halogenated alkanes) is 3. The predicted molar refractivity (Wildman–Crippen MR) is 224 cm³/mol. The number of aliphatic carboxylic acids is 2. The molecular weight excluding hydrogens is 807 g/mol. The third-order valence-corrected chi connectivity index (χ3v) is 9.91. The Bertz CT molecular complexity index is 1420. The number of nitrogens with two attached hydrogens (primary N) is 4. The van der Waals surface area contributed by atoms with Gasteiger partial charge < -0.3 is 75.7 Å². The van der Waals surface area contributed by atoms with Crippen LogP contribution in [-0.2, 0) is 38.4 Å². The Hall–Kier alpha value is -4.78. The second kappa shape index (κ2) is 30.3. The molecule has 19 N–H and O–H groups in total. The molecule has 23 nitrogen and oxygen atoms in total. The molecule has 1 aliphatic rings. The normalized spacial score (nSPS) is 16.4. The molecule has 1 heterocycles. The minimum atomic E-state index is -1.52. The summed E-state index contributed by atoms with van der Waals surface area (Å²) in [4.78, 5) is 105. The van der Waals surface area contributed by atoms with Gasteiger partial charge in [-0.3, -0.25) is 39.0 Å². The van der Waals surface area contributed by atoms with Crippen molar-refractivity contribution < 1.29 is 48.6 Å². The first kappa shape index (κ1) is 53.2. The number of carbonyl (C=O) groups excluding carboxylic acids is 6. The molecule has 60 heavy (non-hydrogen) atoms. The lowest BCUT2D eigenvalue weighted by Crippen LogP contribution is -2.60. The Morgan fingerprint density at radius 2 is 1.02 bits per heavy atom. The molecule has 24 heteroatoms. The average Bonchev–Trinajstić information content (AvgIpc) is 3.75. The molecule has 1 fully saturated rings. The Morgan fingerprint density at radius 1 is 0.617 bits per heavy atom.